The molecule has 0 aliphatic carbocycles. The van der Waals surface area contributed by atoms with Crippen molar-refractivity contribution in [2.75, 3.05) is 66.5 Å². The molecule has 0 aromatic heterocycles. The summed E-state index contributed by atoms with van der Waals surface area (Å²) >= 11 is 0. The first-order valence-electron chi connectivity index (χ1n) is 8.61. The highest BCUT2D eigenvalue weighted by atomic mass is 15.4. The predicted molar refractivity (Wildman–Crippen MR) is 83.8 cm³/mol. The lowest BCUT2D eigenvalue weighted by molar-refractivity contribution is -1.17. The highest BCUT2D eigenvalue weighted by Gasteiger charge is 2.38. The zero-order valence-corrected chi connectivity index (χ0v) is 13.6. The molecule has 0 bridgehead atoms. The summed E-state index contributed by atoms with van der Waals surface area (Å²) in [6, 6.07) is 11.3. The smallest absolute Gasteiger partial charge is 0.240 e. The largest absolute Gasteiger partial charge is 0.328 e. The lowest BCUT2D eigenvalue weighted by Crippen LogP contribution is -3.39. The van der Waals surface area contributed by atoms with Crippen LogP contribution in [0.2, 0.25) is 0 Å². The first-order valence-corrected chi connectivity index (χ1v) is 8.61. The number of benzene rings is 1. The van der Waals surface area contributed by atoms with Crippen molar-refractivity contribution in [3.05, 3.63) is 35.9 Å². The van der Waals surface area contributed by atoms with Crippen molar-refractivity contribution in [2.45, 2.75) is 6.17 Å². The van der Waals surface area contributed by atoms with E-state index in [9.17, 15) is 0 Å². The quantitative estimate of drug-likeness (QED) is 0.430. The molecule has 2 aliphatic heterocycles. The van der Waals surface area contributed by atoms with E-state index in [0.717, 1.165) is 0 Å². The average molecular weight is 292 g/mol. The second kappa shape index (κ2) is 6.88. The molecule has 4 nitrogen and oxygen atoms in total. The van der Waals surface area contributed by atoms with Crippen molar-refractivity contribution >= 4 is 0 Å². The Hall–Kier alpha value is -0.940. The second-order valence-corrected chi connectivity index (χ2v) is 7.07. The number of likely N-dealkylation sites (N-methyl/N-ethyl adjacent to an activating group) is 2. The van der Waals surface area contributed by atoms with Gasteiger partial charge in [-0.25, -0.2) is 0 Å². The minimum Gasteiger partial charge on any atom is -0.328 e. The molecule has 4 N–H and O–H groups in total. The highest BCUT2D eigenvalue weighted by molar-refractivity contribution is 5.15. The number of piperazine rings is 2. The summed E-state index contributed by atoms with van der Waals surface area (Å²) in [6.07, 6.45) is 0.646. The van der Waals surface area contributed by atoms with Gasteiger partial charge in [-0.05, 0) is 12.1 Å². The van der Waals surface area contributed by atoms with E-state index >= 15 is 0 Å². The molecule has 2 saturated heterocycles. The molecule has 21 heavy (non-hydrogen) atoms. The maximum Gasteiger partial charge on any atom is 0.240 e. The minimum atomic E-state index is 0.646. The molecule has 116 valence electrons. The third kappa shape index (κ3) is 3.64. The SMILES string of the molecule is C[NH+]1CC[NH+](C(c2ccccc2)[NH+]2CC[NH+](C)CC2)CC1. The van der Waals surface area contributed by atoms with Crippen LogP contribution in [0.15, 0.2) is 30.3 Å². The minimum absolute atomic E-state index is 0.646. The van der Waals surface area contributed by atoms with Crippen LogP contribution < -0.4 is 19.6 Å². The van der Waals surface area contributed by atoms with Crippen molar-refractivity contribution in [1.82, 2.24) is 0 Å². The molecule has 1 aromatic carbocycles. The van der Waals surface area contributed by atoms with E-state index in [-0.39, 0.29) is 0 Å². The van der Waals surface area contributed by atoms with Gasteiger partial charge in [-0.15, -0.1) is 0 Å². The topological polar surface area (TPSA) is 17.8 Å². The average Bonchev–Trinajstić information content (AvgIpc) is 2.52. The Bertz CT molecular complexity index is 398. The zero-order valence-electron chi connectivity index (χ0n) is 13.6. The van der Waals surface area contributed by atoms with Crippen LogP contribution in [0.1, 0.15) is 11.7 Å². The molecule has 0 radical (unpaired) electrons. The van der Waals surface area contributed by atoms with Crippen molar-refractivity contribution in [1.29, 1.82) is 0 Å². The van der Waals surface area contributed by atoms with Gasteiger partial charge in [0, 0.05) is 0 Å². The second-order valence-electron chi connectivity index (χ2n) is 7.07. The summed E-state index contributed by atoms with van der Waals surface area (Å²) < 4.78 is 0. The number of hydrogen-bond donors (Lipinski definition) is 4. The summed E-state index contributed by atoms with van der Waals surface area (Å²) in [5, 5.41) is 0. The number of hydrogen-bond acceptors (Lipinski definition) is 0. The van der Waals surface area contributed by atoms with E-state index < -0.39 is 0 Å². The van der Waals surface area contributed by atoms with Gasteiger partial charge in [0.2, 0.25) is 6.17 Å². The fourth-order valence-corrected chi connectivity index (χ4v) is 3.98. The Kier molecular flexibility index (Phi) is 4.91. The summed E-state index contributed by atoms with van der Waals surface area (Å²) in [5.74, 6) is 0. The van der Waals surface area contributed by atoms with Crippen molar-refractivity contribution < 1.29 is 19.6 Å². The molecule has 0 saturated carbocycles. The highest BCUT2D eigenvalue weighted by Crippen LogP contribution is 2.03. The normalized spacial score (nSPS) is 35.3. The molecule has 3 rings (SSSR count). The predicted octanol–water partition coefficient (Wildman–Crippen LogP) is -4.49. The van der Waals surface area contributed by atoms with Crippen LogP contribution in [0.25, 0.3) is 0 Å². The van der Waals surface area contributed by atoms with Gasteiger partial charge >= 0.3 is 0 Å². The van der Waals surface area contributed by atoms with Crippen LogP contribution in [0.4, 0.5) is 0 Å². The van der Waals surface area contributed by atoms with E-state index in [1.165, 1.54) is 52.4 Å². The third-order valence-electron chi connectivity index (χ3n) is 5.44. The summed E-state index contributed by atoms with van der Waals surface area (Å²) in [6.45, 7) is 10.5. The van der Waals surface area contributed by atoms with Gasteiger partial charge in [0.05, 0.1) is 19.7 Å². The number of nitrogens with one attached hydrogen (secondary N) is 4. The van der Waals surface area contributed by atoms with Gasteiger partial charge in [0.25, 0.3) is 0 Å². The van der Waals surface area contributed by atoms with Gasteiger partial charge in [-0.1, -0.05) is 18.2 Å². The van der Waals surface area contributed by atoms with Gasteiger partial charge in [-0.3, -0.25) is 9.80 Å². The van der Waals surface area contributed by atoms with Crippen LogP contribution in [-0.2, 0) is 0 Å². The van der Waals surface area contributed by atoms with Crippen LogP contribution in [0.5, 0.6) is 0 Å². The van der Waals surface area contributed by atoms with E-state index in [0.29, 0.717) is 6.17 Å². The third-order valence-corrected chi connectivity index (χ3v) is 5.44. The molecule has 0 amide bonds. The van der Waals surface area contributed by atoms with E-state index in [2.05, 4.69) is 44.4 Å². The van der Waals surface area contributed by atoms with Gasteiger partial charge in [0.1, 0.15) is 52.4 Å². The fourth-order valence-electron chi connectivity index (χ4n) is 3.98. The van der Waals surface area contributed by atoms with E-state index in [4.69, 9.17) is 0 Å². The monoisotopic (exact) mass is 292 g/mol. The van der Waals surface area contributed by atoms with Gasteiger partial charge < -0.3 is 9.80 Å². The van der Waals surface area contributed by atoms with E-state index in [1.807, 2.05) is 0 Å². The molecule has 2 heterocycles. The van der Waals surface area contributed by atoms with Gasteiger partial charge in [0.15, 0.2) is 0 Å². The molecule has 1 aromatic rings. The Balaban J connectivity index is 1.78. The molecule has 2 aliphatic rings. The first kappa shape index (κ1) is 15.0. The van der Waals surface area contributed by atoms with Crippen molar-refractivity contribution in [2.24, 2.45) is 0 Å². The van der Waals surface area contributed by atoms with Crippen LogP contribution in [-0.4, -0.2) is 66.5 Å². The molecular weight excluding hydrogens is 260 g/mol. The summed E-state index contributed by atoms with van der Waals surface area (Å²) in [5.41, 5.74) is 1.54. The maximum atomic E-state index is 2.35. The number of rotatable bonds is 3. The molecule has 2 fully saturated rings. The van der Waals surface area contributed by atoms with Crippen LogP contribution in [0.3, 0.4) is 0 Å². The van der Waals surface area contributed by atoms with Crippen LogP contribution >= 0.6 is 0 Å². The Morgan fingerprint density at radius 1 is 0.667 bits per heavy atom. The summed E-state index contributed by atoms with van der Waals surface area (Å²) in [7, 11) is 4.67. The van der Waals surface area contributed by atoms with Crippen molar-refractivity contribution in [3.8, 4) is 0 Å². The van der Waals surface area contributed by atoms with Crippen LogP contribution in [0, 0.1) is 0 Å². The van der Waals surface area contributed by atoms with Crippen molar-refractivity contribution in [3.63, 3.8) is 0 Å². The molecular formula is C17H32N4+4. The molecule has 0 spiro atoms. The Morgan fingerprint density at radius 2 is 1.10 bits per heavy atom. The molecule has 0 atom stereocenters. The Morgan fingerprint density at radius 3 is 1.52 bits per heavy atom. The van der Waals surface area contributed by atoms with Gasteiger partial charge in [-0.2, -0.15) is 0 Å². The first-order chi connectivity index (χ1) is 10.2. The Labute approximate surface area is 128 Å². The number of quaternary nitrogens is 4. The summed E-state index contributed by atoms with van der Waals surface area (Å²) in [4.78, 5) is 7.01. The zero-order chi connectivity index (χ0) is 14.7. The molecule has 0 unspecified atom stereocenters. The van der Waals surface area contributed by atoms with E-state index in [1.54, 1.807) is 25.2 Å². The lowest BCUT2D eigenvalue weighted by atomic mass is 10.1. The fraction of sp³-hybridized carbons (Fsp3) is 0.647. The molecule has 4 heteroatoms. The standard InChI is InChI=1S/C17H28N4/c1-18-8-12-20(13-9-18)17(16-6-4-3-5-7-16)21-14-10-19(2)11-15-21/h3-7,17H,8-15H2,1-2H3/p+4. The maximum absolute atomic E-state index is 2.35. The lowest BCUT2D eigenvalue weighted by Gasteiger charge is -2.38.